The van der Waals surface area contributed by atoms with Gasteiger partial charge in [0.05, 0.1) is 11.7 Å². The van der Waals surface area contributed by atoms with E-state index in [0.29, 0.717) is 17.2 Å². The largest absolute Gasteiger partial charge is 0.507 e. The van der Waals surface area contributed by atoms with Crippen LogP contribution >= 0.6 is 0 Å². The van der Waals surface area contributed by atoms with Crippen molar-refractivity contribution in [3.8, 4) is 34.5 Å². The topological polar surface area (TPSA) is 81.3 Å². The molecule has 0 saturated carbocycles. The molecule has 6 heteroatoms. The van der Waals surface area contributed by atoms with Crippen molar-refractivity contribution >= 4 is 32.7 Å². The summed E-state index contributed by atoms with van der Waals surface area (Å²) in [6.07, 6.45) is -0.110. The number of aromatic nitrogens is 3. The minimum Gasteiger partial charge on any atom is -0.507 e. The lowest BCUT2D eigenvalue weighted by molar-refractivity contribution is 0.222. The molecule has 4 aromatic carbocycles. The number of hydrogen-bond acceptors (Lipinski definition) is 6. The Hall–Kier alpha value is -4.45. The average molecular weight is 447 g/mol. The number of hydrogen-bond donors (Lipinski definition) is 1. The van der Waals surface area contributed by atoms with Gasteiger partial charge in [-0.2, -0.15) is 9.97 Å². The normalized spacial score (nSPS) is 11.6. The van der Waals surface area contributed by atoms with Crippen LogP contribution in [0.5, 0.6) is 11.8 Å². The van der Waals surface area contributed by atoms with E-state index >= 15 is 0 Å². The van der Waals surface area contributed by atoms with Gasteiger partial charge in [0.25, 0.3) is 0 Å². The number of fused-ring (bicyclic) bond motifs is 4. The molecule has 2 aromatic heterocycles. The van der Waals surface area contributed by atoms with Gasteiger partial charge in [0.2, 0.25) is 0 Å². The van der Waals surface area contributed by atoms with E-state index in [1.807, 2.05) is 50.2 Å². The van der Waals surface area contributed by atoms with Gasteiger partial charge in [0.1, 0.15) is 16.9 Å². The maximum Gasteiger partial charge on any atom is 0.320 e. The molecule has 6 nitrogen and oxygen atoms in total. The number of phenolic OH excluding ortho intramolecular Hbond substituents is 1. The highest BCUT2D eigenvalue weighted by Gasteiger charge is 2.16. The Morgan fingerprint density at radius 1 is 0.735 bits per heavy atom. The zero-order valence-corrected chi connectivity index (χ0v) is 18.7. The molecule has 166 valence electrons. The van der Waals surface area contributed by atoms with Crippen LogP contribution in [0.15, 0.2) is 83.3 Å². The first-order valence-electron chi connectivity index (χ1n) is 11.1. The molecule has 0 amide bonds. The quantitative estimate of drug-likeness (QED) is 0.322. The van der Waals surface area contributed by atoms with E-state index in [2.05, 4.69) is 39.2 Å². The van der Waals surface area contributed by atoms with Crippen LogP contribution in [0.4, 0.5) is 0 Å². The van der Waals surface area contributed by atoms with E-state index in [1.54, 1.807) is 18.2 Å². The van der Waals surface area contributed by atoms with Crippen LogP contribution in [0.3, 0.4) is 0 Å². The minimum absolute atomic E-state index is 0.0957. The van der Waals surface area contributed by atoms with Gasteiger partial charge in [0.15, 0.2) is 11.6 Å². The lowest BCUT2D eigenvalue weighted by Gasteiger charge is -2.11. The van der Waals surface area contributed by atoms with Gasteiger partial charge in [-0.15, -0.1) is 0 Å². The maximum absolute atomic E-state index is 10.4. The Balaban J connectivity index is 1.55. The lowest BCUT2D eigenvalue weighted by atomic mass is 10.0. The van der Waals surface area contributed by atoms with E-state index in [9.17, 15) is 5.11 Å². The molecule has 6 aromatic rings. The Kier molecular flexibility index (Phi) is 4.66. The third-order valence-electron chi connectivity index (χ3n) is 5.70. The summed E-state index contributed by atoms with van der Waals surface area (Å²) in [5.41, 5.74) is 2.94. The van der Waals surface area contributed by atoms with Crippen molar-refractivity contribution in [1.82, 2.24) is 15.0 Å². The third-order valence-corrected chi connectivity index (χ3v) is 5.70. The summed E-state index contributed by atoms with van der Waals surface area (Å²) in [6, 6.07) is 25.5. The molecular formula is C28H21N3O3. The second-order valence-corrected chi connectivity index (χ2v) is 8.46. The van der Waals surface area contributed by atoms with Crippen LogP contribution in [0, 0.1) is 0 Å². The Morgan fingerprint density at radius 2 is 1.44 bits per heavy atom. The zero-order valence-electron chi connectivity index (χ0n) is 18.7. The Labute approximate surface area is 195 Å². The van der Waals surface area contributed by atoms with Crippen LogP contribution in [-0.4, -0.2) is 26.2 Å². The highest BCUT2D eigenvalue weighted by Crippen LogP contribution is 2.35. The number of nitrogens with zero attached hydrogens (tertiary/aromatic N) is 3. The summed E-state index contributed by atoms with van der Waals surface area (Å²) < 4.78 is 11.9. The van der Waals surface area contributed by atoms with Crippen LogP contribution in [0.25, 0.3) is 55.5 Å². The van der Waals surface area contributed by atoms with Crippen LogP contribution in [-0.2, 0) is 0 Å². The predicted molar refractivity (Wildman–Crippen MR) is 133 cm³/mol. The molecule has 0 unspecified atom stereocenters. The molecule has 0 spiro atoms. The van der Waals surface area contributed by atoms with E-state index in [1.165, 1.54) is 0 Å². The summed E-state index contributed by atoms with van der Waals surface area (Å²) >= 11 is 0. The van der Waals surface area contributed by atoms with E-state index in [4.69, 9.17) is 9.15 Å². The monoisotopic (exact) mass is 447 g/mol. The van der Waals surface area contributed by atoms with Gasteiger partial charge in [0, 0.05) is 16.3 Å². The highest BCUT2D eigenvalue weighted by atomic mass is 16.5. The van der Waals surface area contributed by atoms with Crippen molar-refractivity contribution in [3.05, 3.63) is 78.9 Å². The second kappa shape index (κ2) is 7.85. The first kappa shape index (κ1) is 20.2. The molecule has 0 aliphatic rings. The molecule has 0 fully saturated rings. The molecule has 1 N–H and O–H groups in total. The molecule has 6 rings (SSSR count). The molecule has 2 heterocycles. The lowest BCUT2D eigenvalue weighted by Crippen LogP contribution is -2.10. The van der Waals surface area contributed by atoms with Crippen LogP contribution in [0.2, 0.25) is 0 Å². The molecule has 0 saturated heterocycles. The summed E-state index contributed by atoms with van der Waals surface area (Å²) in [5, 5.41) is 14.7. The number of benzene rings is 4. The molecule has 34 heavy (non-hydrogen) atoms. The van der Waals surface area contributed by atoms with Crippen molar-refractivity contribution in [3.63, 3.8) is 0 Å². The summed E-state index contributed by atoms with van der Waals surface area (Å²) in [6.45, 7) is 3.83. The fraction of sp³-hybridized carbons (Fsp3) is 0.107. The van der Waals surface area contributed by atoms with Crippen molar-refractivity contribution < 1.29 is 14.3 Å². The van der Waals surface area contributed by atoms with Crippen molar-refractivity contribution in [2.24, 2.45) is 0 Å². The standard InChI is InChI=1S/C28H21N3O3/c1-16(2)33-28-30-26(29-27(31-28)20-9-5-6-10-23(20)32)19-11-12-24-21(14-19)22-13-17-7-3-4-8-18(17)15-25(22)34-24/h3-16,32H,1-2H3. The predicted octanol–water partition coefficient (Wildman–Crippen LogP) is 6.75. The number of furan rings is 1. The summed E-state index contributed by atoms with van der Waals surface area (Å²) in [5.74, 6) is 0.904. The van der Waals surface area contributed by atoms with Gasteiger partial charge < -0.3 is 14.3 Å². The SMILES string of the molecule is CC(C)Oc1nc(-c2ccc3oc4cc5ccccc5cc4c3c2)nc(-c2ccccc2O)n1. The number of phenols is 1. The van der Waals surface area contributed by atoms with Gasteiger partial charge in [-0.05, 0) is 67.1 Å². The van der Waals surface area contributed by atoms with Crippen LogP contribution < -0.4 is 4.74 Å². The Morgan fingerprint density at radius 3 is 2.24 bits per heavy atom. The fourth-order valence-corrected chi connectivity index (χ4v) is 4.13. The number of rotatable bonds is 4. The molecule has 0 aliphatic heterocycles. The number of ether oxygens (including phenoxy) is 1. The molecular weight excluding hydrogens is 426 g/mol. The van der Waals surface area contributed by atoms with Crippen LogP contribution in [0.1, 0.15) is 13.8 Å². The molecule has 0 atom stereocenters. The van der Waals surface area contributed by atoms with E-state index in [0.717, 1.165) is 38.3 Å². The van der Waals surface area contributed by atoms with E-state index in [-0.39, 0.29) is 17.9 Å². The molecule has 0 radical (unpaired) electrons. The number of aromatic hydroxyl groups is 1. The molecule has 0 bridgehead atoms. The summed E-state index contributed by atoms with van der Waals surface area (Å²) in [4.78, 5) is 13.7. The first-order valence-corrected chi connectivity index (χ1v) is 11.1. The van der Waals surface area contributed by atoms with Crippen molar-refractivity contribution in [2.45, 2.75) is 20.0 Å². The number of para-hydroxylation sites is 1. The molecule has 0 aliphatic carbocycles. The minimum atomic E-state index is -0.110. The maximum atomic E-state index is 10.4. The summed E-state index contributed by atoms with van der Waals surface area (Å²) in [7, 11) is 0. The average Bonchev–Trinajstić information content (AvgIpc) is 3.19. The van der Waals surface area contributed by atoms with Gasteiger partial charge in [-0.3, -0.25) is 0 Å². The zero-order chi connectivity index (χ0) is 23.2. The second-order valence-electron chi connectivity index (χ2n) is 8.46. The fourth-order valence-electron chi connectivity index (χ4n) is 4.13. The first-order chi connectivity index (χ1) is 16.5. The van der Waals surface area contributed by atoms with Gasteiger partial charge >= 0.3 is 6.01 Å². The van der Waals surface area contributed by atoms with E-state index < -0.39 is 0 Å². The third kappa shape index (κ3) is 3.49. The van der Waals surface area contributed by atoms with Crippen molar-refractivity contribution in [1.29, 1.82) is 0 Å². The highest BCUT2D eigenvalue weighted by molar-refractivity contribution is 6.10. The van der Waals surface area contributed by atoms with Crippen molar-refractivity contribution in [2.75, 3.05) is 0 Å². The Bertz CT molecular complexity index is 1690. The smallest absolute Gasteiger partial charge is 0.320 e. The van der Waals surface area contributed by atoms with Gasteiger partial charge in [-0.1, -0.05) is 36.4 Å². The van der Waals surface area contributed by atoms with Gasteiger partial charge in [-0.25, -0.2) is 4.98 Å².